The summed E-state index contributed by atoms with van der Waals surface area (Å²) in [5.74, 6) is 0.858. The first-order chi connectivity index (χ1) is 12.0. The molecule has 0 saturated carbocycles. The lowest BCUT2D eigenvalue weighted by atomic mass is 10.2. The third-order valence-electron chi connectivity index (χ3n) is 3.99. The van der Waals surface area contributed by atoms with Crippen LogP contribution in [0.5, 0.6) is 0 Å². The molecule has 1 aliphatic rings. The van der Waals surface area contributed by atoms with E-state index in [1.54, 1.807) is 0 Å². The van der Waals surface area contributed by atoms with E-state index in [1.165, 1.54) is 5.56 Å². The highest BCUT2D eigenvalue weighted by Crippen LogP contribution is 2.08. The number of hydrogen-bond acceptors (Lipinski definition) is 4. The van der Waals surface area contributed by atoms with Crippen molar-refractivity contribution in [1.29, 1.82) is 0 Å². The average Bonchev–Trinajstić information content (AvgIpc) is 2.58. The summed E-state index contributed by atoms with van der Waals surface area (Å²) in [7, 11) is -3.16. The van der Waals surface area contributed by atoms with E-state index >= 15 is 0 Å². The number of nitrogens with zero attached hydrogens (tertiary/aromatic N) is 3. The number of piperazine rings is 1. The minimum absolute atomic E-state index is 0.321. The zero-order valence-electron chi connectivity index (χ0n) is 15.1. The smallest absolute Gasteiger partial charge is 0.208 e. The molecule has 1 saturated heterocycles. The van der Waals surface area contributed by atoms with Crippen LogP contribution >= 0.6 is 0 Å². The van der Waals surface area contributed by atoms with Crippen LogP contribution in [0.15, 0.2) is 35.3 Å². The summed E-state index contributed by atoms with van der Waals surface area (Å²) in [4.78, 5) is 9.22. The Morgan fingerprint density at radius 3 is 2.44 bits per heavy atom. The maximum atomic E-state index is 11.1. The second-order valence-electron chi connectivity index (χ2n) is 6.15. The first kappa shape index (κ1) is 19.7. The fourth-order valence-corrected chi connectivity index (χ4v) is 3.24. The Bertz CT molecular complexity index is 640. The van der Waals surface area contributed by atoms with Crippen LogP contribution in [0.1, 0.15) is 12.5 Å². The molecule has 1 aromatic carbocycles. The summed E-state index contributed by atoms with van der Waals surface area (Å²) in [6.45, 7) is 8.36. The van der Waals surface area contributed by atoms with Crippen molar-refractivity contribution in [3.05, 3.63) is 35.9 Å². The lowest BCUT2D eigenvalue weighted by molar-refractivity contribution is 0.172. The highest BCUT2D eigenvalue weighted by molar-refractivity contribution is 7.88. The largest absolute Gasteiger partial charge is 0.357 e. The normalized spacial score (nSPS) is 16.9. The van der Waals surface area contributed by atoms with Gasteiger partial charge in [-0.2, -0.15) is 0 Å². The maximum Gasteiger partial charge on any atom is 0.208 e. The Kier molecular flexibility index (Phi) is 7.67. The van der Waals surface area contributed by atoms with E-state index in [0.717, 1.165) is 51.5 Å². The quantitative estimate of drug-likeness (QED) is 0.412. The summed E-state index contributed by atoms with van der Waals surface area (Å²) in [5.41, 5.74) is 1.34. The van der Waals surface area contributed by atoms with Crippen LogP contribution in [0.25, 0.3) is 0 Å². The molecule has 1 aliphatic heterocycles. The van der Waals surface area contributed by atoms with Crippen molar-refractivity contribution in [3.8, 4) is 0 Å². The van der Waals surface area contributed by atoms with E-state index in [0.29, 0.717) is 13.1 Å². The van der Waals surface area contributed by atoms with E-state index in [9.17, 15) is 8.42 Å². The van der Waals surface area contributed by atoms with Crippen LogP contribution < -0.4 is 10.0 Å². The van der Waals surface area contributed by atoms with Gasteiger partial charge in [0, 0.05) is 45.8 Å². The van der Waals surface area contributed by atoms with Crippen molar-refractivity contribution in [1.82, 2.24) is 19.8 Å². The van der Waals surface area contributed by atoms with Crippen molar-refractivity contribution in [2.75, 3.05) is 52.1 Å². The predicted molar refractivity (Wildman–Crippen MR) is 102 cm³/mol. The molecule has 140 valence electrons. The highest BCUT2D eigenvalue weighted by atomic mass is 32.2. The minimum Gasteiger partial charge on any atom is -0.357 e. The zero-order valence-corrected chi connectivity index (χ0v) is 15.9. The Hall–Kier alpha value is -1.64. The maximum absolute atomic E-state index is 11.1. The number of rotatable bonds is 7. The molecule has 0 radical (unpaired) electrons. The summed E-state index contributed by atoms with van der Waals surface area (Å²) >= 11 is 0. The number of aliphatic imine (C=N–C) groups is 1. The van der Waals surface area contributed by atoms with E-state index in [2.05, 4.69) is 49.1 Å². The summed E-state index contributed by atoms with van der Waals surface area (Å²) in [6, 6.07) is 10.5. The van der Waals surface area contributed by atoms with Crippen molar-refractivity contribution < 1.29 is 8.42 Å². The first-order valence-electron chi connectivity index (χ1n) is 8.72. The van der Waals surface area contributed by atoms with Crippen molar-refractivity contribution in [3.63, 3.8) is 0 Å². The molecule has 0 bridgehead atoms. The molecule has 0 spiro atoms. The number of guanidine groups is 1. The molecule has 0 unspecified atom stereocenters. The highest BCUT2D eigenvalue weighted by Gasteiger charge is 2.19. The molecule has 8 heteroatoms. The Balaban J connectivity index is 1.82. The van der Waals surface area contributed by atoms with Gasteiger partial charge in [-0.25, -0.2) is 13.1 Å². The SMILES string of the molecule is CCNC(=NCCNS(C)(=O)=O)N1CCN(Cc2ccccc2)CC1. The van der Waals surface area contributed by atoms with Gasteiger partial charge in [0.2, 0.25) is 10.0 Å². The second kappa shape index (κ2) is 9.74. The molecule has 25 heavy (non-hydrogen) atoms. The number of sulfonamides is 1. The topological polar surface area (TPSA) is 77.0 Å². The van der Waals surface area contributed by atoms with Gasteiger partial charge in [-0.15, -0.1) is 0 Å². The van der Waals surface area contributed by atoms with E-state index in [4.69, 9.17) is 0 Å². The fourth-order valence-electron chi connectivity index (χ4n) is 2.78. The molecular weight excluding hydrogens is 338 g/mol. The van der Waals surface area contributed by atoms with Gasteiger partial charge >= 0.3 is 0 Å². The van der Waals surface area contributed by atoms with E-state index in [-0.39, 0.29) is 0 Å². The minimum atomic E-state index is -3.16. The molecule has 2 rings (SSSR count). The van der Waals surface area contributed by atoms with Crippen LogP contribution in [0, 0.1) is 0 Å². The van der Waals surface area contributed by atoms with Gasteiger partial charge in [-0.1, -0.05) is 30.3 Å². The molecule has 1 aromatic rings. The van der Waals surface area contributed by atoms with Gasteiger partial charge in [0.25, 0.3) is 0 Å². The van der Waals surface area contributed by atoms with Crippen molar-refractivity contribution in [2.24, 2.45) is 4.99 Å². The Morgan fingerprint density at radius 1 is 1.16 bits per heavy atom. The first-order valence-corrected chi connectivity index (χ1v) is 10.6. The standard InChI is InChI=1S/C17H29N5O2S/c1-3-18-17(19-9-10-20-25(2,23)24)22-13-11-21(12-14-22)15-16-7-5-4-6-8-16/h4-8,20H,3,9-15H2,1-2H3,(H,18,19). The molecule has 0 atom stereocenters. The number of nitrogens with one attached hydrogen (secondary N) is 2. The van der Waals surface area contributed by atoms with Gasteiger partial charge in [0.15, 0.2) is 5.96 Å². The van der Waals surface area contributed by atoms with E-state index in [1.807, 2.05) is 13.0 Å². The molecular formula is C17H29N5O2S. The molecule has 1 heterocycles. The third kappa shape index (κ3) is 7.41. The van der Waals surface area contributed by atoms with Crippen molar-refractivity contribution >= 4 is 16.0 Å². The van der Waals surface area contributed by atoms with Gasteiger partial charge in [0.1, 0.15) is 0 Å². The number of hydrogen-bond donors (Lipinski definition) is 2. The third-order valence-corrected chi connectivity index (χ3v) is 4.72. The number of benzene rings is 1. The van der Waals surface area contributed by atoms with Crippen LogP contribution in [-0.4, -0.2) is 76.2 Å². The van der Waals surface area contributed by atoms with Crippen LogP contribution in [-0.2, 0) is 16.6 Å². The second-order valence-corrected chi connectivity index (χ2v) is 7.98. The predicted octanol–water partition coefficient (Wildman–Crippen LogP) is 0.319. The van der Waals surface area contributed by atoms with Gasteiger partial charge in [0.05, 0.1) is 12.8 Å². The van der Waals surface area contributed by atoms with Crippen molar-refractivity contribution in [2.45, 2.75) is 13.5 Å². The summed E-state index contributed by atoms with van der Waals surface area (Å²) < 4.78 is 24.7. The van der Waals surface area contributed by atoms with Crippen LogP contribution in [0.2, 0.25) is 0 Å². The zero-order chi connectivity index (χ0) is 18.1. The lowest BCUT2D eigenvalue weighted by Gasteiger charge is -2.36. The molecule has 7 nitrogen and oxygen atoms in total. The van der Waals surface area contributed by atoms with Crippen LogP contribution in [0.4, 0.5) is 0 Å². The average molecular weight is 368 g/mol. The van der Waals surface area contributed by atoms with Crippen LogP contribution in [0.3, 0.4) is 0 Å². The molecule has 0 amide bonds. The van der Waals surface area contributed by atoms with Gasteiger partial charge in [-0.3, -0.25) is 9.89 Å². The monoisotopic (exact) mass is 367 g/mol. The molecule has 0 aromatic heterocycles. The van der Waals surface area contributed by atoms with Gasteiger partial charge in [-0.05, 0) is 12.5 Å². The summed E-state index contributed by atoms with van der Waals surface area (Å²) in [5, 5.41) is 3.29. The van der Waals surface area contributed by atoms with E-state index < -0.39 is 10.0 Å². The Labute approximate surface area is 151 Å². The molecule has 1 fully saturated rings. The van der Waals surface area contributed by atoms with Gasteiger partial charge < -0.3 is 10.2 Å². The molecule has 0 aliphatic carbocycles. The Morgan fingerprint density at radius 2 is 1.84 bits per heavy atom. The molecule has 2 N–H and O–H groups in total. The summed E-state index contributed by atoms with van der Waals surface area (Å²) in [6.07, 6.45) is 1.16. The lowest BCUT2D eigenvalue weighted by Crippen LogP contribution is -2.52. The fraction of sp³-hybridized carbons (Fsp3) is 0.588.